The van der Waals surface area contributed by atoms with Gasteiger partial charge in [-0.25, -0.2) is 8.78 Å². The molecule has 5 N–H and O–H groups in total. The lowest BCUT2D eigenvalue weighted by atomic mass is 9.47. The first kappa shape index (κ1) is 49.3. The number of rotatable bonds is 17. The number of carbonyl (C=O) groups is 3. The van der Waals surface area contributed by atoms with Gasteiger partial charge in [0.05, 0.1) is 6.54 Å². The third-order valence-corrected chi connectivity index (χ3v) is 17.1. The number of nitrogens with one attached hydrogen (secondary N) is 4. The van der Waals surface area contributed by atoms with Gasteiger partial charge in [0.25, 0.3) is 5.91 Å². The van der Waals surface area contributed by atoms with Crippen LogP contribution < -0.4 is 26.7 Å². The summed E-state index contributed by atoms with van der Waals surface area (Å²) in [5.74, 6) is 1.39. The number of carbonyl (C=O) groups excluding carboxylic acids is 3. The Morgan fingerprint density at radius 2 is 1.63 bits per heavy atom. The standard InChI is InChI=1S/C56H72F2N4O6/c1-32(2)9-7-10-33(3)42-15-16-43-39-14-12-36-26-37(17-20-55(36,5)44(39)18-21-56(42,43)6)59-22-8-23-60-51(65)19-24-61-52(66)31-62-54(67)35-11-13-38(34(4)25-35)53-40-27-45(57)47(63)29-49(40)68-50-30-48(64)46(58)28-41(50)53/h11-13,25,27-30,32-33,37,39,42-44,59,63H,7-10,14-24,26,31H2,1-6H3,(H,60,65)(H,61,66)(H,62,67)/t33-,37?,39?,42?,43?,44?,55?,56?/m1/s1. The number of phenols is 1. The molecule has 1 aliphatic heterocycles. The molecule has 2 aromatic carbocycles. The van der Waals surface area contributed by atoms with Crippen LogP contribution in [0.5, 0.6) is 5.75 Å². The first-order valence-electron chi connectivity index (χ1n) is 25.4. The van der Waals surface area contributed by atoms with Crippen LogP contribution in [0.15, 0.2) is 63.3 Å². The maximum Gasteiger partial charge on any atom is 0.251 e. The number of allylic oxidation sites excluding steroid dienone is 1. The fraction of sp³-hybridized carbons (Fsp3) is 0.571. The van der Waals surface area contributed by atoms with Crippen molar-refractivity contribution in [1.29, 1.82) is 0 Å². The van der Waals surface area contributed by atoms with Crippen molar-refractivity contribution < 1.29 is 32.7 Å². The Balaban J connectivity index is 0.740. The minimum Gasteiger partial charge on any atom is -0.505 e. The van der Waals surface area contributed by atoms with Crippen molar-refractivity contribution in [3.05, 3.63) is 87.1 Å². The van der Waals surface area contributed by atoms with Gasteiger partial charge in [-0.3, -0.25) is 19.2 Å². The summed E-state index contributed by atoms with van der Waals surface area (Å²) in [5.41, 5.74) is 3.59. The number of aryl methyl sites for hydroxylation is 1. The van der Waals surface area contributed by atoms with Gasteiger partial charge in [0.2, 0.25) is 17.2 Å². The maximum absolute atomic E-state index is 14.6. The molecule has 1 heterocycles. The average molecular weight is 935 g/mol. The molecule has 12 heteroatoms. The molecule has 6 aliphatic rings. The van der Waals surface area contributed by atoms with E-state index in [2.05, 4.69) is 62.0 Å². The third kappa shape index (κ3) is 10.1. The van der Waals surface area contributed by atoms with Crippen molar-refractivity contribution in [2.24, 2.45) is 46.3 Å². The Morgan fingerprint density at radius 1 is 0.838 bits per heavy atom. The van der Waals surface area contributed by atoms with Gasteiger partial charge in [-0.05, 0) is 153 Å². The summed E-state index contributed by atoms with van der Waals surface area (Å²) < 4.78 is 34.9. The molecule has 68 heavy (non-hydrogen) atoms. The minimum atomic E-state index is -1.01. The van der Waals surface area contributed by atoms with E-state index in [0.29, 0.717) is 40.1 Å². The Morgan fingerprint density at radius 3 is 2.41 bits per heavy atom. The molecule has 0 radical (unpaired) electrons. The van der Waals surface area contributed by atoms with E-state index in [1.807, 2.05) is 0 Å². The second kappa shape index (κ2) is 20.5. The van der Waals surface area contributed by atoms with E-state index in [9.17, 15) is 33.1 Å². The van der Waals surface area contributed by atoms with Crippen LogP contribution in [0, 0.1) is 64.9 Å². The molecule has 2 aromatic rings. The summed E-state index contributed by atoms with van der Waals surface area (Å²) in [6.07, 6.45) is 18.2. The molecule has 3 amide bonds. The molecule has 7 unspecified atom stereocenters. The van der Waals surface area contributed by atoms with Crippen LogP contribution in [0.3, 0.4) is 0 Å². The van der Waals surface area contributed by atoms with Gasteiger partial charge < -0.3 is 30.8 Å². The van der Waals surface area contributed by atoms with E-state index in [1.54, 1.807) is 24.6 Å². The van der Waals surface area contributed by atoms with Crippen molar-refractivity contribution in [2.45, 2.75) is 131 Å². The number of phenolic OH excluding ortho intramolecular Hbond substituents is 1. The summed E-state index contributed by atoms with van der Waals surface area (Å²) in [7, 11) is 0. The number of hydrogen-bond donors (Lipinski definition) is 5. The number of hydrogen-bond acceptors (Lipinski definition) is 7. The Kier molecular flexibility index (Phi) is 14.8. The predicted molar refractivity (Wildman–Crippen MR) is 263 cm³/mol. The highest BCUT2D eigenvalue weighted by molar-refractivity contribution is 6.04. The molecule has 0 saturated heterocycles. The van der Waals surface area contributed by atoms with Crippen molar-refractivity contribution >= 4 is 28.7 Å². The highest BCUT2D eigenvalue weighted by Gasteiger charge is 2.59. The van der Waals surface area contributed by atoms with Crippen LogP contribution in [-0.4, -0.2) is 55.0 Å². The fourth-order valence-electron chi connectivity index (χ4n) is 13.5. The minimum absolute atomic E-state index is 0.0411. The van der Waals surface area contributed by atoms with Gasteiger partial charge in [0.15, 0.2) is 17.4 Å². The van der Waals surface area contributed by atoms with E-state index in [4.69, 9.17) is 4.42 Å². The summed E-state index contributed by atoms with van der Waals surface area (Å²) in [5, 5.41) is 22.3. The molecule has 5 aliphatic carbocycles. The van der Waals surface area contributed by atoms with Crippen LogP contribution >= 0.6 is 0 Å². The highest BCUT2D eigenvalue weighted by atomic mass is 19.1. The summed E-state index contributed by atoms with van der Waals surface area (Å²) >= 11 is 0. The largest absolute Gasteiger partial charge is 0.505 e. The van der Waals surface area contributed by atoms with Gasteiger partial charge in [-0.1, -0.05) is 71.6 Å². The molecule has 0 aromatic heterocycles. The number of amides is 3. The number of fused-ring (bicyclic) bond motifs is 7. The monoisotopic (exact) mass is 935 g/mol. The normalized spacial score (nSPS) is 25.9. The molecule has 3 saturated carbocycles. The summed E-state index contributed by atoms with van der Waals surface area (Å²) in [6, 6.07) is 9.35. The Bertz CT molecular complexity index is 2590. The van der Waals surface area contributed by atoms with Gasteiger partial charge in [0, 0.05) is 59.8 Å². The number of benzene rings is 3. The van der Waals surface area contributed by atoms with E-state index in [0.717, 1.165) is 79.2 Å². The first-order chi connectivity index (χ1) is 32.5. The molecule has 10 nitrogen and oxygen atoms in total. The number of aromatic hydroxyl groups is 1. The van der Waals surface area contributed by atoms with Crippen LogP contribution in [-0.2, 0) is 9.59 Å². The fourth-order valence-corrected chi connectivity index (χ4v) is 13.5. The van der Waals surface area contributed by atoms with Gasteiger partial charge in [-0.2, -0.15) is 0 Å². The topological polar surface area (TPSA) is 150 Å². The zero-order chi connectivity index (χ0) is 48.5. The lowest BCUT2D eigenvalue weighted by Gasteiger charge is -2.58. The van der Waals surface area contributed by atoms with Crippen molar-refractivity contribution in [1.82, 2.24) is 21.3 Å². The van der Waals surface area contributed by atoms with E-state index >= 15 is 0 Å². The van der Waals surface area contributed by atoms with Gasteiger partial charge in [-0.15, -0.1) is 0 Å². The number of halogens is 2. The van der Waals surface area contributed by atoms with E-state index in [1.165, 1.54) is 70.3 Å². The lowest BCUT2D eigenvalue weighted by molar-refractivity contribution is -0.121. The van der Waals surface area contributed by atoms with E-state index in [-0.39, 0.29) is 53.3 Å². The zero-order valence-electron chi connectivity index (χ0n) is 40.9. The van der Waals surface area contributed by atoms with Gasteiger partial charge >= 0.3 is 0 Å². The van der Waals surface area contributed by atoms with Crippen molar-refractivity contribution in [3.8, 4) is 28.2 Å². The molecule has 366 valence electrons. The molecular formula is C56H72F2N4O6. The molecule has 8 atom stereocenters. The van der Waals surface area contributed by atoms with Crippen molar-refractivity contribution in [3.63, 3.8) is 0 Å². The SMILES string of the molecule is Cc1cc(C(=O)NCC(=O)NCCC(=O)NCCCNC2CCC3(C)C(=CCC4C3CCC3(C)C4CCC3[C@H](C)CCCC(C)C)C2)ccc1-c1c2cc(F)c(=O)cc-2oc2cc(O)c(F)cc12. The maximum atomic E-state index is 14.6. The smallest absolute Gasteiger partial charge is 0.251 e. The van der Waals surface area contributed by atoms with Crippen LogP contribution in [0.2, 0.25) is 0 Å². The zero-order valence-corrected chi connectivity index (χ0v) is 40.9. The second-order valence-electron chi connectivity index (χ2n) is 21.8. The highest BCUT2D eigenvalue weighted by Crippen LogP contribution is 2.67. The van der Waals surface area contributed by atoms with E-state index < -0.39 is 34.6 Å². The Labute approximate surface area is 400 Å². The molecule has 0 bridgehead atoms. The third-order valence-electron chi connectivity index (χ3n) is 17.1. The molecule has 8 rings (SSSR count). The van der Waals surface area contributed by atoms with Crippen molar-refractivity contribution in [2.75, 3.05) is 26.2 Å². The quantitative estimate of drug-likeness (QED) is 0.0402. The van der Waals surface area contributed by atoms with Crippen LogP contribution in [0.4, 0.5) is 8.78 Å². The first-order valence-corrected chi connectivity index (χ1v) is 25.4. The molecular weight excluding hydrogens is 863 g/mol. The predicted octanol–water partition coefficient (Wildman–Crippen LogP) is 10.6. The van der Waals surface area contributed by atoms with Crippen LogP contribution in [0.1, 0.15) is 134 Å². The lowest BCUT2D eigenvalue weighted by Crippen LogP contribution is -2.51. The molecule has 3 fully saturated rings. The molecule has 0 spiro atoms. The van der Waals surface area contributed by atoms with Crippen LogP contribution in [0.25, 0.3) is 33.4 Å². The Hall–Kier alpha value is -5.10. The van der Waals surface area contributed by atoms with Gasteiger partial charge in [0.1, 0.15) is 11.3 Å². The summed E-state index contributed by atoms with van der Waals surface area (Å²) in [6.45, 7) is 15.5. The second-order valence-corrected chi connectivity index (χ2v) is 21.8. The average Bonchev–Trinajstić information content (AvgIpc) is 3.66. The summed E-state index contributed by atoms with van der Waals surface area (Å²) in [4.78, 5) is 50.4.